The topological polar surface area (TPSA) is 15.3 Å². The van der Waals surface area contributed by atoms with Crippen molar-refractivity contribution in [3.05, 3.63) is 35.9 Å². The third-order valence-electron chi connectivity index (χ3n) is 3.80. The zero-order valence-electron chi connectivity index (χ0n) is 11.1. The first-order valence-electron chi connectivity index (χ1n) is 6.68. The average molecular weight is 232 g/mol. The van der Waals surface area contributed by atoms with Crippen LogP contribution in [0.3, 0.4) is 0 Å². The van der Waals surface area contributed by atoms with Gasteiger partial charge >= 0.3 is 0 Å². The van der Waals surface area contributed by atoms with E-state index in [2.05, 4.69) is 54.4 Å². The summed E-state index contributed by atoms with van der Waals surface area (Å²) < 4.78 is 0. The molecule has 1 aliphatic rings. The van der Waals surface area contributed by atoms with Crippen LogP contribution in [0.1, 0.15) is 32.3 Å². The van der Waals surface area contributed by atoms with Gasteiger partial charge in [0.15, 0.2) is 0 Å². The Labute approximate surface area is 105 Å². The molecule has 2 nitrogen and oxygen atoms in total. The monoisotopic (exact) mass is 232 g/mol. The van der Waals surface area contributed by atoms with E-state index in [0.29, 0.717) is 5.54 Å². The molecule has 17 heavy (non-hydrogen) atoms. The quantitative estimate of drug-likeness (QED) is 0.785. The second-order valence-electron chi connectivity index (χ2n) is 5.57. The maximum absolute atomic E-state index is 3.52. The molecule has 1 N–H and O–H groups in total. The summed E-state index contributed by atoms with van der Waals surface area (Å²) in [6.45, 7) is 9.21. The molecular weight excluding hydrogens is 208 g/mol. The van der Waals surface area contributed by atoms with Crippen molar-refractivity contribution in [2.24, 2.45) is 0 Å². The van der Waals surface area contributed by atoms with Gasteiger partial charge in [0.05, 0.1) is 0 Å². The van der Waals surface area contributed by atoms with E-state index in [0.717, 1.165) is 13.1 Å². The van der Waals surface area contributed by atoms with Crippen LogP contribution in [0.5, 0.6) is 0 Å². The summed E-state index contributed by atoms with van der Waals surface area (Å²) in [5.41, 5.74) is 1.78. The highest BCUT2D eigenvalue weighted by atomic mass is 15.2. The maximum atomic E-state index is 3.52. The molecule has 0 aliphatic carbocycles. The molecule has 0 atom stereocenters. The van der Waals surface area contributed by atoms with Crippen LogP contribution in [0.25, 0.3) is 0 Å². The standard InChI is InChI=1S/C15H24N2/c1-15(2)9-6-11-17(15)12-10-16-13-14-7-4-3-5-8-14/h3-5,7-8,16H,6,9-13H2,1-2H3. The van der Waals surface area contributed by atoms with Crippen molar-refractivity contribution < 1.29 is 0 Å². The molecule has 1 aromatic carbocycles. The highest BCUT2D eigenvalue weighted by molar-refractivity contribution is 5.14. The fourth-order valence-electron chi connectivity index (χ4n) is 2.62. The predicted octanol–water partition coefficient (Wildman–Crippen LogP) is 2.65. The first kappa shape index (κ1) is 12.6. The lowest BCUT2D eigenvalue weighted by atomic mass is 10.0. The molecule has 1 heterocycles. The lowest BCUT2D eigenvalue weighted by Gasteiger charge is -2.31. The van der Waals surface area contributed by atoms with Gasteiger partial charge in [-0.2, -0.15) is 0 Å². The summed E-state index contributed by atoms with van der Waals surface area (Å²) in [6.07, 6.45) is 2.69. The van der Waals surface area contributed by atoms with Gasteiger partial charge in [0.2, 0.25) is 0 Å². The largest absolute Gasteiger partial charge is 0.311 e. The molecule has 2 rings (SSSR count). The third kappa shape index (κ3) is 3.55. The minimum atomic E-state index is 0.411. The summed E-state index contributed by atoms with van der Waals surface area (Å²) in [4.78, 5) is 2.60. The van der Waals surface area contributed by atoms with Gasteiger partial charge in [-0.3, -0.25) is 4.90 Å². The predicted molar refractivity (Wildman–Crippen MR) is 73.0 cm³/mol. The Morgan fingerprint density at radius 3 is 2.65 bits per heavy atom. The number of rotatable bonds is 5. The molecular formula is C15H24N2. The first-order chi connectivity index (χ1) is 8.18. The average Bonchev–Trinajstić information content (AvgIpc) is 2.66. The molecule has 0 spiro atoms. The number of nitrogens with one attached hydrogen (secondary N) is 1. The van der Waals surface area contributed by atoms with E-state index in [9.17, 15) is 0 Å². The second kappa shape index (κ2) is 5.65. The highest BCUT2D eigenvalue weighted by Crippen LogP contribution is 2.27. The van der Waals surface area contributed by atoms with Crippen molar-refractivity contribution in [3.8, 4) is 0 Å². The van der Waals surface area contributed by atoms with Crippen LogP contribution in [-0.4, -0.2) is 30.1 Å². The SMILES string of the molecule is CC1(C)CCCN1CCNCc1ccccc1. The van der Waals surface area contributed by atoms with Crippen molar-refractivity contribution >= 4 is 0 Å². The van der Waals surface area contributed by atoms with Crippen molar-refractivity contribution in [1.82, 2.24) is 10.2 Å². The molecule has 1 fully saturated rings. The lowest BCUT2D eigenvalue weighted by Crippen LogP contribution is -2.41. The molecule has 2 heteroatoms. The van der Waals surface area contributed by atoms with Crippen LogP contribution in [-0.2, 0) is 6.54 Å². The van der Waals surface area contributed by atoms with Gasteiger partial charge in [-0.15, -0.1) is 0 Å². The summed E-state index contributed by atoms with van der Waals surface area (Å²) in [6, 6.07) is 10.6. The van der Waals surface area contributed by atoms with Crippen molar-refractivity contribution in [2.45, 2.75) is 38.8 Å². The number of nitrogens with zero attached hydrogens (tertiary/aromatic N) is 1. The van der Waals surface area contributed by atoms with Crippen LogP contribution in [0.4, 0.5) is 0 Å². The molecule has 0 amide bonds. The van der Waals surface area contributed by atoms with E-state index in [1.54, 1.807) is 0 Å². The molecule has 94 valence electrons. The Kier molecular flexibility index (Phi) is 4.19. The zero-order chi connectivity index (χ0) is 12.1. The highest BCUT2D eigenvalue weighted by Gasteiger charge is 2.30. The minimum absolute atomic E-state index is 0.411. The van der Waals surface area contributed by atoms with E-state index >= 15 is 0 Å². The summed E-state index contributed by atoms with van der Waals surface area (Å²) >= 11 is 0. The van der Waals surface area contributed by atoms with E-state index in [4.69, 9.17) is 0 Å². The molecule has 1 aromatic rings. The first-order valence-corrected chi connectivity index (χ1v) is 6.68. The molecule has 1 aliphatic heterocycles. The van der Waals surface area contributed by atoms with Gasteiger partial charge in [0, 0.05) is 25.2 Å². The van der Waals surface area contributed by atoms with Gasteiger partial charge in [0.25, 0.3) is 0 Å². The Balaban J connectivity index is 1.67. The Morgan fingerprint density at radius 1 is 1.24 bits per heavy atom. The van der Waals surface area contributed by atoms with E-state index in [-0.39, 0.29) is 0 Å². The van der Waals surface area contributed by atoms with Crippen molar-refractivity contribution in [2.75, 3.05) is 19.6 Å². The fourth-order valence-corrected chi connectivity index (χ4v) is 2.62. The Hall–Kier alpha value is -0.860. The molecule has 0 saturated carbocycles. The van der Waals surface area contributed by atoms with Crippen molar-refractivity contribution in [3.63, 3.8) is 0 Å². The number of hydrogen-bond acceptors (Lipinski definition) is 2. The summed E-state index contributed by atoms with van der Waals surface area (Å²) in [7, 11) is 0. The summed E-state index contributed by atoms with van der Waals surface area (Å²) in [5, 5.41) is 3.52. The minimum Gasteiger partial charge on any atom is -0.311 e. The Morgan fingerprint density at radius 2 is 2.00 bits per heavy atom. The van der Waals surface area contributed by atoms with Gasteiger partial charge in [-0.05, 0) is 38.8 Å². The number of hydrogen-bond donors (Lipinski definition) is 1. The normalized spacial score (nSPS) is 19.6. The molecule has 0 aromatic heterocycles. The van der Waals surface area contributed by atoms with Gasteiger partial charge in [-0.25, -0.2) is 0 Å². The molecule has 0 unspecified atom stereocenters. The van der Waals surface area contributed by atoms with Gasteiger partial charge < -0.3 is 5.32 Å². The van der Waals surface area contributed by atoms with Gasteiger partial charge in [-0.1, -0.05) is 30.3 Å². The van der Waals surface area contributed by atoms with Crippen LogP contribution in [0.15, 0.2) is 30.3 Å². The lowest BCUT2D eigenvalue weighted by molar-refractivity contribution is 0.176. The van der Waals surface area contributed by atoms with Crippen molar-refractivity contribution in [1.29, 1.82) is 0 Å². The van der Waals surface area contributed by atoms with E-state index in [1.165, 1.54) is 31.5 Å². The fraction of sp³-hybridized carbons (Fsp3) is 0.600. The zero-order valence-corrected chi connectivity index (χ0v) is 11.1. The third-order valence-corrected chi connectivity index (χ3v) is 3.80. The smallest absolute Gasteiger partial charge is 0.0206 e. The van der Waals surface area contributed by atoms with E-state index < -0.39 is 0 Å². The number of benzene rings is 1. The van der Waals surface area contributed by atoms with Crippen LogP contribution < -0.4 is 5.32 Å². The molecule has 0 bridgehead atoms. The molecule has 1 saturated heterocycles. The second-order valence-corrected chi connectivity index (χ2v) is 5.57. The van der Waals surface area contributed by atoms with E-state index in [1.807, 2.05) is 0 Å². The van der Waals surface area contributed by atoms with Gasteiger partial charge in [0.1, 0.15) is 0 Å². The van der Waals surface area contributed by atoms with Crippen LogP contribution in [0, 0.1) is 0 Å². The van der Waals surface area contributed by atoms with Crippen LogP contribution >= 0.6 is 0 Å². The van der Waals surface area contributed by atoms with Crippen LogP contribution in [0.2, 0.25) is 0 Å². The number of likely N-dealkylation sites (tertiary alicyclic amines) is 1. The summed E-state index contributed by atoms with van der Waals surface area (Å²) in [5.74, 6) is 0. The molecule has 0 radical (unpaired) electrons. The Bertz CT molecular complexity index is 332. The maximum Gasteiger partial charge on any atom is 0.0206 e.